The molecule has 2 aromatic heterocycles. The van der Waals surface area contributed by atoms with Crippen LogP contribution in [0.25, 0.3) is 17.1 Å². The minimum atomic E-state index is 0.968. The second-order valence-corrected chi connectivity index (χ2v) is 6.53. The van der Waals surface area contributed by atoms with Crippen LogP contribution in [0.1, 0.15) is 0 Å². The molecule has 0 bridgehead atoms. The van der Waals surface area contributed by atoms with E-state index in [1.54, 1.807) is 11.3 Å². The van der Waals surface area contributed by atoms with Crippen molar-refractivity contribution >= 4 is 17.0 Å². The van der Waals surface area contributed by atoms with E-state index in [1.807, 2.05) is 27.8 Å². The molecule has 0 spiro atoms. The van der Waals surface area contributed by atoms with Crippen LogP contribution in [0, 0.1) is 0 Å². The van der Waals surface area contributed by atoms with Gasteiger partial charge in [-0.15, -0.1) is 11.3 Å². The zero-order valence-corrected chi connectivity index (χ0v) is 13.9. The lowest BCUT2D eigenvalue weighted by Gasteiger charge is -2.34. The van der Waals surface area contributed by atoms with Crippen molar-refractivity contribution in [3.8, 4) is 17.1 Å². The molecule has 0 amide bonds. The monoisotopic (exact) mass is 325 g/mol. The van der Waals surface area contributed by atoms with Gasteiger partial charge in [0.25, 0.3) is 0 Å². The highest BCUT2D eigenvalue weighted by atomic mass is 32.1. The van der Waals surface area contributed by atoms with E-state index in [0.29, 0.717) is 0 Å². The van der Waals surface area contributed by atoms with Gasteiger partial charge in [0.15, 0.2) is 0 Å². The van der Waals surface area contributed by atoms with Gasteiger partial charge >= 0.3 is 0 Å². The predicted molar refractivity (Wildman–Crippen MR) is 94.4 cm³/mol. The summed E-state index contributed by atoms with van der Waals surface area (Å²) in [4.78, 5) is 9.20. The van der Waals surface area contributed by atoms with Gasteiger partial charge < -0.3 is 9.80 Å². The van der Waals surface area contributed by atoms with Gasteiger partial charge in [0, 0.05) is 37.2 Å². The first kappa shape index (κ1) is 14.4. The molecular formula is C17H19N5S. The SMILES string of the molecule is CN1CCN(c2ccc(-n3nccc3-c3cscn3)cc2)CC1. The molecule has 23 heavy (non-hydrogen) atoms. The van der Waals surface area contributed by atoms with Crippen molar-refractivity contribution in [2.45, 2.75) is 0 Å². The summed E-state index contributed by atoms with van der Waals surface area (Å²) in [6, 6.07) is 10.6. The first-order chi connectivity index (χ1) is 11.3. The summed E-state index contributed by atoms with van der Waals surface area (Å²) in [5.74, 6) is 0. The van der Waals surface area contributed by atoms with Gasteiger partial charge in [0.2, 0.25) is 0 Å². The van der Waals surface area contributed by atoms with Crippen LogP contribution < -0.4 is 4.90 Å². The van der Waals surface area contributed by atoms with Gasteiger partial charge in [-0.3, -0.25) is 0 Å². The largest absolute Gasteiger partial charge is 0.369 e. The molecular weight excluding hydrogens is 306 g/mol. The molecule has 1 aliphatic heterocycles. The van der Waals surface area contributed by atoms with Crippen molar-refractivity contribution in [1.29, 1.82) is 0 Å². The Morgan fingerprint density at radius 1 is 0.957 bits per heavy atom. The standard InChI is InChI=1S/C17H19N5S/c1-20-8-10-21(11-9-20)14-2-4-15(5-3-14)22-17(6-7-19-22)16-12-23-13-18-16/h2-7,12-13H,8-11H2,1H3. The van der Waals surface area contributed by atoms with Crippen molar-refractivity contribution in [2.24, 2.45) is 0 Å². The summed E-state index contributed by atoms with van der Waals surface area (Å²) in [5, 5.41) is 6.50. The Balaban J connectivity index is 1.58. The lowest BCUT2D eigenvalue weighted by atomic mass is 10.2. The van der Waals surface area contributed by atoms with Crippen LogP contribution >= 0.6 is 11.3 Å². The number of nitrogens with zero attached hydrogens (tertiary/aromatic N) is 5. The van der Waals surface area contributed by atoms with E-state index < -0.39 is 0 Å². The van der Waals surface area contributed by atoms with Crippen molar-refractivity contribution < 1.29 is 0 Å². The van der Waals surface area contributed by atoms with Crippen LogP contribution in [0.3, 0.4) is 0 Å². The minimum Gasteiger partial charge on any atom is -0.369 e. The fourth-order valence-corrected chi connectivity index (χ4v) is 3.46. The number of likely N-dealkylation sites (N-methyl/N-ethyl adjacent to an activating group) is 1. The van der Waals surface area contributed by atoms with Crippen LogP contribution in [-0.2, 0) is 0 Å². The Morgan fingerprint density at radius 3 is 2.39 bits per heavy atom. The molecule has 1 fully saturated rings. The predicted octanol–water partition coefficient (Wildman–Crippen LogP) is 2.75. The van der Waals surface area contributed by atoms with Crippen molar-refractivity contribution in [1.82, 2.24) is 19.7 Å². The van der Waals surface area contributed by atoms with Gasteiger partial charge in [-0.1, -0.05) is 0 Å². The Bertz CT molecular complexity index is 755. The highest BCUT2D eigenvalue weighted by Gasteiger charge is 2.15. The Hall–Kier alpha value is -2.18. The van der Waals surface area contributed by atoms with Crippen LogP contribution in [0.5, 0.6) is 0 Å². The van der Waals surface area contributed by atoms with Crippen LogP contribution in [-0.4, -0.2) is 52.9 Å². The normalized spacial score (nSPS) is 16.0. The van der Waals surface area contributed by atoms with Crippen molar-refractivity contribution in [3.63, 3.8) is 0 Å². The quantitative estimate of drug-likeness (QED) is 0.742. The molecule has 118 valence electrons. The maximum atomic E-state index is 4.46. The molecule has 1 saturated heterocycles. The van der Waals surface area contributed by atoms with Crippen LogP contribution in [0.4, 0.5) is 5.69 Å². The molecule has 3 heterocycles. The van der Waals surface area contributed by atoms with Crippen molar-refractivity contribution in [3.05, 3.63) is 47.4 Å². The van der Waals surface area contributed by atoms with E-state index in [4.69, 9.17) is 0 Å². The first-order valence-electron chi connectivity index (χ1n) is 7.78. The Kier molecular flexibility index (Phi) is 3.85. The topological polar surface area (TPSA) is 37.2 Å². The molecule has 0 unspecified atom stereocenters. The Morgan fingerprint density at radius 2 is 1.70 bits per heavy atom. The number of hydrogen-bond donors (Lipinski definition) is 0. The number of aromatic nitrogens is 3. The Labute approximate surface area is 139 Å². The number of benzene rings is 1. The average molecular weight is 325 g/mol. The molecule has 4 rings (SSSR count). The summed E-state index contributed by atoms with van der Waals surface area (Å²) < 4.78 is 1.95. The highest BCUT2D eigenvalue weighted by Crippen LogP contribution is 2.24. The molecule has 0 N–H and O–H groups in total. The maximum absolute atomic E-state index is 4.46. The average Bonchev–Trinajstić information content (AvgIpc) is 3.27. The molecule has 5 nitrogen and oxygen atoms in total. The fraction of sp³-hybridized carbons (Fsp3) is 0.294. The van der Waals surface area contributed by atoms with Gasteiger partial charge in [0.05, 0.1) is 28.8 Å². The molecule has 1 aromatic carbocycles. The van der Waals surface area contributed by atoms with Gasteiger partial charge in [-0.05, 0) is 37.4 Å². The molecule has 0 atom stereocenters. The second-order valence-electron chi connectivity index (χ2n) is 5.81. The zero-order chi connectivity index (χ0) is 15.6. The molecule has 6 heteroatoms. The van der Waals surface area contributed by atoms with Crippen LogP contribution in [0.15, 0.2) is 47.4 Å². The summed E-state index contributed by atoms with van der Waals surface area (Å²) in [6.07, 6.45) is 1.82. The van der Waals surface area contributed by atoms with Gasteiger partial charge in [0.1, 0.15) is 0 Å². The fourth-order valence-electron chi connectivity index (χ4n) is 2.91. The lowest BCUT2D eigenvalue weighted by molar-refractivity contribution is 0.313. The maximum Gasteiger partial charge on any atom is 0.0996 e. The van der Waals surface area contributed by atoms with E-state index >= 15 is 0 Å². The first-order valence-corrected chi connectivity index (χ1v) is 8.72. The third-order valence-electron chi connectivity index (χ3n) is 4.30. The third-order valence-corrected chi connectivity index (χ3v) is 4.89. The van der Waals surface area contributed by atoms with Gasteiger partial charge in [-0.2, -0.15) is 5.10 Å². The molecule has 0 saturated carbocycles. The zero-order valence-electron chi connectivity index (χ0n) is 13.1. The molecule has 0 aliphatic carbocycles. The molecule has 0 radical (unpaired) electrons. The number of anilines is 1. The summed E-state index contributed by atoms with van der Waals surface area (Å²) in [7, 11) is 2.18. The van der Waals surface area contributed by atoms with E-state index in [1.165, 1.54) is 5.69 Å². The van der Waals surface area contributed by atoms with E-state index in [9.17, 15) is 0 Å². The smallest absolute Gasteiger partial charge is 0.0996 e. The van der Waals surface area contributed by atoms with Gasteiger partial charge in [-0.25, -0.2) is 9.67 Å². The number of hydrogen-bond acceptors (Lipinski definition) is 5. The van der Waals surface area contributed by atoms with Crippen LogP contribution in [0.2, 0.25) is 0 Å². The van der Waals surface area contributed by atoms with E-state index in [2.05, 4.69) is 51.2 Å². The molecule has 1 aliphatic rings. The van der Waals surface area contributed by atoms with E-state index in [0.717, 1.165) is 43.3 Å². The summed E-state index contributed by atoms with van der Waals surface area (Å²) in [6.45, 7) is 4.41. The molecule has 3 aromatic rings. The van der Waals surface area contributed by atoms with Crippen molar-refractivity contribution in [2.75, 3.05) is 38.1 Å². The summed E-state index contributed by atoms with van der Waals surface area (Å²) in [5.41, 5.74) is 6.19. The third kappa shape index (κ3) is 2.87. The summed E-state index contributed by atoms with van der Waals surface area (Å²) >= 11 is 1.60. The van der Waals surface area contributed by atoms with E-state index in [-0.39, 0.29) is 0 Å². The number of rotatable bonds is 3. The minimum absolute atomic E-state index is 0.968. The lowest BCUT2D eigenvalue weighted by Crippen LogP contribution is -2.44. The number of thiazole rings is 1. The highest BCUT2D eigenvalue weighted by molar-refractivity contribution is 7.07. The number of piperazine rings is 1. The second kappa shape index (κ2) is 6.14.